The minimum atomic E-state index is -4.33. The van der Waals surface area contributed by atoms with Gasteiger partial charge < -0.3 is 10.1 Å². The number of hydrogen-bond acceptors (Lipinski definition) is 2. The molecule has 2 aromatic rings. The van der Waals surface area contributed by atoms with Gasteiger partial charge in [-0.15, -0.1) is 0 Å². The SMILES string of the molecule is CC(C)(C)NCc1ccc(OCc2ccc(C(F)(F)F)cc2)c(Cl)c1. The van der Waals surface area contributed by atoms with E-state index >= 15 is 0 Å². The maximum atomic E-state index is 12.5. The van der Waals surface area contributed by atoms with Crippen molar-refractivity contribution >= 4 is 11.6 Å². The van der Waals surface area contributed by atoms with Gasteiger partial charge >= 0.3 is 6.18 Å². The molecule has 0 aliphatic rings. The molecule has 2 rings (SSSR count). The third-order valence-corrected chi connectivity index (χ3v) is 3.79. The normalized spacial score (nSPS) is 12.3. The first-order valence-corrected chi connectivity index (χ1v) is 8.25. The molecule has 2 aromatic carbocycles. The van der Waals surface area contributed by atoms with Crippen LogP contribution in [-0.4, -0.2) is 5.54 Å². The van der Waals surface area contributed by atoms with E-state index < -0.39 is 11.7 Å². The summed E-state index contributed by atoms with van der Waals surface area (Å²) in [6.07, 6.45) is -4.33. The van der Waals surface area contributed by atoms with Gasteiger partial charge in [-0.05, 0) is 56.2 Å². The first-order chi connectivity index (χ1) is 11.5. The van der Waals surface area contributed by atoms with Crippen molar-refractivity contribution in [3.05, 3.63) is 64.2 Å². The summed E-state index contributed by atoms with van der Waals surface area (Å²) in [7, 11) is 0. The van der Waals surface area contributed by atoms with Crippen LogP contribution >= 0.6 is 11.6 Å². The van der Waals surface area contributed by atoms with Crippen LogP contribution in [0.4, 0.5) is 13.2 Å². The average Bonchev–Trinajstić information content (AvgIpc) is 2.51. The zero-order valence-corrected chi connectivity index (χ0v) is 15.1. The van der Waals surface area contributed by atoms with Gasteiger partial charge in [-0.3, -0.25) is 0 Å². The van der Waals surface area contributed by atoms with Crippen molar-refractivity contribution < 1.29 is 17.9 Å². The molecular weight excluding hydrogens is 351 g/mol. The fraction of sp³-hybridized carbons (Fsp3) is 0.368. The number of halogens is 4. The molecular formula is C19H21ClF3NO. The van der Waals surface area contributed by atoms with Crippen LogP contribution in [0.25, 0.3) is 0 Å². The summed E-state index contributed by atoms with van der Waals surface area (Å²) < 4.78 is 43.2. The van der Waals surface area contributed by atoms with Crippen LogP contribution in [-0.2, 0) is 19.3 Å². The average molecular weight is 372 g/mol. The third-order valence-electron chi connectivity index (χ3n) is 3.49. The van der Waals surface area contributed by atoms with Crippen LogP contribution in [0.3, 0.4) is 0 Å². The Kier molecular flexibility index (Phi) is 6.01. The quantitative estimate of drug-likeness (QED) is 0.714. The van der Waals surface area contributed by atoms with E-state index in [2.05, 4.69) is 26.1 Å². The van der Waals surface area contributed by atoms with Crippen molar-refractivity contribution in [3.8, 4) is 5.75 Å². The molecule has 0 aromatic heterocycles. The van der Waals surface area contributed by atoms with Crippen molar-refractivity contribution in [1.82, 2.24) is 5.32 Å². The fourth-order valence-electron chi connectivity index (χ4n) is 2.09. The number of nitrogens with one attached hydrogen (secondary N) is 1. The van der Waals surface area contributed by atoms with Gasteiger partial charge in [-0.1, -0.05) is 29.8 Å². The molecule has 0 saturated heterocycles. The molecule has 25 heavy (non-hydrogen) atoms. The molecule has 0 spiro atoms. The Morgan fingerprint density at radius 3 is 2.08 bits per heavy atom. The van der Waals surface area contributed by atoms with Gasteiger partial charge in [0.1, 0.15) is 12.4 Å². The van der Waals surface area contributed by atoms with Crippen LogP contribution in [0.5, 0.6) is 5.75 Å². The number of hydrogen-bond donors (Lipinski definition) is 1. The topological polar surface area (TPSA) is 21.3 Å². The smallest absolute Gasteiger partial charge is 0.416 e. The Morgan fingerprint density at radius 2 is 1.56 bits per heavy atom. The van der Waals surface area contributed by atoms with Gasteiger partial charge in [-0.25, -0.2) is 0 Å². The van der Waals surface area contributed by atoms with E-state index in [0.29, 0.717) is 22.9 Å². The maximum absolute atomic E-state index is 12.5. The number of benzene rings is 2. The molecule has 2 nitrogen and oxygen atoms in total. The highest BCUT2D eigenvalue weighted by Gasteiger charge is 2.29. The Morgan fingerprint density at radius 1 is 0.960 bits per heavy atom. The van der Waals surface area contributed by atoms with Crippen LogP contribution in [0.15, 0.2) is 42.5 Å². The van der Waals surface area contributed by atoms with Crippen molar-refractivity contribution in [1.29, 1.82) is 0 Å². The Balaban J connectivity index is 1.97. The number of alkyl halides is 3. The molecule has 1 N–H and O–H groups in total. The number of rotatable bonds is 5. The Bertz CT molecular complexity index is 706. The van der Waals surface area contributed by atoms with Crippen LogP contribution in [0.1, 0.15) is 37.5 Å². The molecule has 6 heteroatoms. The summed E-state index contributed by atoms with van der Waals surface area (Å²) >= 11 is 6.23. The van der Waals surface area contributed by atoms with Gasteiger partial charge in [0, 0.05) is 12.1 Å². The lowest BCUT2D eigenvalue weighted by Crippen LogP contribution is -2.35. The monoisotopic (exact) mass is 371 g/mol. The molecule has 0 fully saturated rings. The summed E-state index contributed by atoms with van der Waals surface area (Å²) in [5.41, 5.74) is 0.999. The van der Waals surface area contributed by atoms with Crippen LogP contribution in [0.2, 0.25) is 5.02 Å². The first-order valence-electron chi connectivity index (χ1n) is 7.87. The number of ether oxygens (including phenoxy) is 1. The van der Waals surface area contributed by atoms with E-state index in [-0.39, 0.29) is 12.1 Å². The van der Waals surface area contributed by atoms with Gasteiger partial charge in [0.05, 0.1) is 10.6 Å². The second-order valence-electron chi connectivity index (χ2n) is 6.85. The van der Waals surface area contributed by atoms with Crippen molar-refractivity contribution in [2.75, 3.05) is 0 Å². The van der Waals surface area contributed by atoms with Gasteiger partial charge in [0.15, 0.2) is 0 Å². The van der Waals surface area contributed by atoms with Gasteiger partial charge in [0.2, 0.25) is 0 Å². The predicted octanol–water partition coefficient (Wildman–Crippen LogP) is 5.83. The zero-order valence-electron chi connectivity index (χ0n) is 14.4. The van der Waals surface area contributed by atoms with Crippen LogP contribution in [0, 0.1) is 0 Å². The lowest BCUT2D eigenvalue weighted by atomic mass is 10.1. The van der Waals surface area contributed by atoms with Crippen LogP contribution < -0.4 is 10.1 Å². The maximum Gasteiger partial charge on any atom is 0.416 e. The van der Waals surface area contributed by atoms with E-state index in [0.717, 1.165) is 17.7 Å². The highest BCUT2D eigenvalue weighted by atomic mass is 35.5. The largest absolute Gasteiger partial charge is 0.487 e. The van der Waals surface area contributed by atoms with Gasteiger partial charge in [0.25, 0.3) is 0 Å². The lowest BCUT2D eigenvalue weighted by molar-refractivity contribution is -0.137. The highest BCUT2D eigenvalue weighted by Crippen LogP contribution is 2.30. The fourth-order valence-corrected chi connectivity index (χ4v) is 2.35. The predicted molar refractivity (Wildman–Crippen MR) is 93.8 cm³/mol. The lowest BCUT2D eigenvalue weighted by Gasteiger charge is -2.20. The van der Waals surface area contributed by atoms with E-state index in [1.807, 2.05) is 12.1 Å². The Labute approximate surface area is 151 Å². The highest BCUT2D eigenvalue weighted by molar-refractivity contribution is 6.32. The summed E-state index contributed by atoms with van der Waals surface area (Å²) in [5, 5.41) is 3.84. The summed E-state index contributed by atoms with van der Waals surface area (Å²) in [5.74, 6) is 0.501. The molecule has 0 atom stereocenters. The molecule has 0 saturated carbocycles. The van der Waals surface area contributed by atoms with E-state index in [9.17, 15) is 13.2 Å². The standard InChI is InChI=1S/C19H21ClF3NO/c1-18(2,3)24-11-14-6-9-17(16(20)10-14)25-12-13-4-7-15(8-5-13)19(21,22)23/h4-10,24H,11-12H2,1-3H3. The van der Waals surface area contributed by atoms with Crippen molar-refractivity contribution in [3.63, 3.8) is 0 Å². The second-order valence-corrected chi connectivity index (χ2v) is 7.26. The van der Waals surface area contributed by atoms with E-state index in [1.165, 1.54) is 12.1 Å². The molecule has 0 unspecified atom stereocenters. The first kappa shape index (κ1) is 19.6. The minimum absolute atomic E-state index is 0.00419. The van der Waals surface area contributed by atoms with E-state index in [4.69, 9.17) is 16.3 Å². The van der Waals surface area contributed by atoms with Crippen molar-refractivity contribution in [2.45, 2.75) is 45.6 Å². The van der Waals surface area contributed by atoms with E-state index in [1.54, 1.807) is 6.07 Å². The zero-order chi connectivity index (χ0) is 18.7. The summed E-state index contributed by atoms with van der Waals surface area (Å²) in [6, 6.07) is 10.4. The molecule has 0 aliphatic heterocycles. The molecule has 0 amide bonds. The molecule has 136 valence electrons. The molecule has 0 aliphatic carbocycles. The molecule has 0 radical (unpaired) electrons. The van der Waals surface area contributed by atoms with Crippen molar-refractivity contribution in [2.24, 2.45) is 0 Å². The summed E-state index contributed by atoms with van der Waals surface area (Å²) in [4.78, 5) is 0. The molecule has 0 heterocycles. The Hall–Kier alpha value is -1.72. The van der Waals surface area contributed by atoms with Gasteiger partial charge in [-0.2, -0.15) is 13.2 Å². The minimum Gasteiger partial charge on any atom is -0.487 e. The summed E-state index contributed by atoms with van der Waals surface area (Å²) in [6.45, 7) is 7.07. The molecule has 0 bridgehead atoms. The third kappa shape index (κ3) is 6.25. The second kappa shape index (κ2) is 7.67.